The molecule has 4 heteroatoms. The van der Waals surface area contributed by atoms with Gasteiger partial charge in [0.2, 0.25) is 0 Å². The second kappa shape index (κ2) is 6.02. The number of ether oxygens (including phenoxy) is 2. The van der Waals surface area contributed by atoms with E-state index in [9.17, 15) is 0 Å². The van der Waals surface area contributed by atoms with Gasteiger partial charge in [-0.2, -0.15) is 0 Å². The fourth-order valence-corrected chi connectivity index (χ4v) is 2.51. The third kappa shape index (κ3) is 3.44. The predicted octanol–water partition coefficient (Wildman–Crippen LogP) is 2.41. The van der Waals surface area contributed by atoms with Gasteiger partial charge in [0.05, 0.1) is 26.0 Å². The topological polar surface area (TPSA) is 47.7 Å². The molecule has 0 bridgehead atoms. The number of rotatable bonds is 3. The van der Waals surface area contributed by atoms with Crippen LogP contribution < -0.4 is 10.5 Å². The summed E-state index contributed by atoms with van der Waals surface area (Å²) in [6.45, 7) is 11.0. The second-order valence-electron chi connectivity index (χ2n) is 6.40. The summed E-state index contributed by atoms with van der Waals surface area (Å²) in [7, 11) is 1.69. The molecule has 1 aromatic rings. The smallest absolute Gasteiger partial charge is 0.146 e. The monoisotopic (exact) mass is 278 g/mol. The van der Waals surface area contributed by atoms with Crippen LogP contribution in [0.5, 0.6) is 5.75 Å². The van der Waals surface area contributed by atoms with E-state index in [1.54, 1.807) is 7.11 Å². The Hall–Kier alpha value is -1.26. The molecule has 1 heterocycles. The molecule has 0 aromatic heterocycles. The van der Waals surface area contributed by atoms with Gasteiger partial charge in [0.1, 0.15) is 5.75 Å². The van der Waals surface area contributed by atoms with Crippen LogP contribution in [0.4, 0.5) is 5.69 Å². The lowest BCUT2D eigenvalue weighted by Gasteiger charge is -2.29. The third-order valence-electron chi connectivity index (χ3n) is 3.76. The largest absolute Gasteiger partial charge is 0.494 e. The van der Waals surface area contributed by atoms with Gasteiger partial charge in [-0.15, -0.1) is 0 Å². The summed E-state index contributed by atoms with van der Waals surface area (Å²) < 4.78 is 10.9. The van der Waals surface area contributed by atoms with Crippen molar-refractivity contribution in [2.75, 3.05) is 39.1 Å². The van der Waals surface area contributed by atoms with E-state index in [4.69, 9.17) is 15.2 Å². The molecule has 20 heavy (non-hydrogen) atoms. The maximum atomic E-state index is 6.17. The summed E-state index contributed by atoms with van der Waals surface area (Å²) in [5.74, 6) is 0.810. The predicted molar refractivity (Wildman–Crippen MR) is 82.2 cm³/mol. The number of methoxy groups -OCH3 is 1. The number of anilines is 1. The van der Waals surface area contributed by atoms with Gasteiger partial charge >= 0.3 is 0 Å². The fraction of sp³-hybridized carbons (Fsp3) is 0.625. The SMILES string of the molecule is COc1c(N)cc(C(C)(C)C)cc1CN1CCOCC1. The fourth-order valence-electron chi connectivity index (χ4n) is 2.51. The van der Waals surface area contributed by atoms with Crippen molar-refractivity contribution in [2.24, 2.45) is 0 Å². The molecule has 0 unspecified atom stereocenters. The number of morpholine rings is 1. The molecule has 0 saturated carbocycles. The number of nitrogen functional groups attached to an aromatic ring is 1. The standard InChI is InChI=1S/C16H26N2O2/c1-16(2,3)13-9-12(15(19-4)14(17)10-13)11-18-5-7-20-8-6-18/h9-10H,5-8,11,17H2,1-4H3. The van der Waals surface area contributed by atoms with Gasteiger partial charge in [0, 0.05) is 25.2 Å². The minimum Gasteiger partial charge on any atom is -0.494 e. The van der Waals surface area contributed by atoms with Crippen LogP contribution in [0.25, 0.3) is 0 Å². The maximum absolute atomic E-state index is 6.17. The van der Waals surface area contributed by atoms with Crippen LogP contribution >= 0.6 is 0 Å². The highest BCUT2D eigenvalue weighted by Crippen LogP contribution is 2.34. The van der Waals surface area contributed by atoms with Crippen molar-refractivity contribution in [1.82, 2.24) is 4.90 Å². The van der Waals surface area contributed by atoms with Gasteiger partial charge in [-0.3, -0.25) is 4.90 Å². The quantitative estimate of drug-likeness (QED) is 0.863. The van der Waals surface area contributed by atoms with Crippen LogP contribution in [0.3, 0.4) is 0 Å². The molecule has 1 aliphatic rings. The summed E-state index contributed by atoms with van der Waals surface area (Å²) in [4.78, 5) is 2.38. The van der Waals surface area contributed by atoms with Crippen LogP contribution in [0, 0.1) is 0 Å². The molecule has 4 nitrogen and oxygen atoms in total. The normalized spacial score (nSPS) is 17.2. The number of nitrogens with two attached hydrogens (primary N) is 1. The Morgan fingerprint density at radius 1 is 1.25 bits per heavy atom. The van der Waals surface area contributed by atoms with Crippen molar-refractivity contribution in [3.8, 4) is 5.75 Å². The van der Waals surface area contributed by atoms with E-state index in [1.165, 1.54) is 11.1 Å². The van der Waals surface area contributed by atoms with Gasteiger partial charge in [-0.25, -0.2) is 0 Å². The molecule has 0 spiro atoms. The van der Waals surface area contributed by atoms with Gasteiger partial charge < -0.3 is 15.2 Å². The van der Waals surface area contributed by atoms with E-state index in [2.05, 4.69) is 31.7 Å². The molecule has 0 amide bonds. The van der Waals surface area contributed by atoms with Gasteiger partial charge in [0.25, 0.3) is 0 Å². The zero-order valence-electron chi connectivity index (χ0n) is 13.0. The minimum absolute atomic E-state index is 0.0835. The van der Waals surface area contributed by atoms with Crippen molar-refractivity contribution < 1.29 is 9.47 Å². The number of hydrogen-bond acceptors (Lipinski definition) is 4. The van der Waals surface area contributed by atoms with Crippen LogP contribution in [0.1, 0.15) is 31.9 Å². The van der Waals surface area contributed by atoms with E-state index in [1.807, 2.05) is 6.07 Å². The highest BCUT2D eigenvalue weighted by atomic mass is 16.5. The summed E-state index contributed by atoms with van der Waals surface area (Å²) in [6.07, 6.45) is 0. The lowest BCUT2D eigenvalue weighted by Crippen LogP contribution is -2.35. The van der Waals surface area contributed by atoms with Crippen molar-refractivity contribution in [2.45, 2.75) is 32.7 Å². The molecule has 0 aliphatic carbocycles. The summed E-state index contributed by atoms with van der Waals surface area (Å²) in [6, 6.07) is 4.26. The Labute approximate surface area is 121 Å². The number of benzene rings is 1. The Balaban J connectivity index is 2.30. The molecular weight excluding hydrogens is 252 g/mol. The molecule has 2 rings (SSSR count). The van der Waals surface area contributed by atoms with Crippen LogP contribution in [0.2, 0.25) is 0 Å². The Bertz CT molecular complexity index is 460. The maximum Gasteiger partial charge on any atom is 0.146 e. The Kier molecular flexibility index (Phi) is 4.55. The number of nitrogens with zero attached hydrogens (tertiary/aromatic N) is 1. The highest BCUT2D eigenvalue weighted by Gasteiger charge is 2.20. The summed E-state index contributed by atoms with van der Waals surface area (Å²) in [5, 5.41) is 0. The summed E-state index contributed by atoms with van der Waals surface area (Å²) in [5.41, 5.74) is 9.39. The molecule has 112 valence electrons. The van der Waals surface area contributed by atoms with Crippen molar-refractivity contribution in [1.29, 1.82) is 0 Å². The third-order valence-corrected chi connectivity index (χ3v) is 3.76. The summed E-state index contributed by atoms with van der Waals surface area (Å²) >= 11 is 0. The first-order chi connectivity index (χ1) is 9.41. The highest BCUT2D eigenvalue weighted by molar-refractivity contribution is 5.60. The molecular formula is C16H26N2O2. The van der Waals surface area contributed by atoms with Crippen LogP contribution in [0.15, 0.2) is 12.1 Å². The van der Waals surface area contributed by atoms with E-state index < -0.39 is 0 Å². The van der Waals surface area contributed by atoms with E-state index in [0.717, 1.165) is 44.3 Å². The van der Waals surface area contributed by atoms with Gasteiger partial charge in [-0.1, -0.05) is 26.8 Å². The molecule has 1 aliphatic heterocycles. The molecule has 1 fully saturated rings. The van der Waals surface area contributed by atoms with E-state index in [0.29, 0.717) is 0 Å². The Morgan fingerprint density at radius 2 is 1.90 bits per heavy atom. The van der Waals surface area contributed by atoms with Crippen molar-refractivity contribution in [3.05, 3.63) is 23.3 Å². The molecule has 2 N–H and O–H groups in total. The lowest BCUT2D eigenvalue weighted by atomic mass is 9.85. The van der Waals surface area contributed by atoms with E-state index in [-0.39, 0.29) is 5.41 Å². The zero-order chi connectivity index (χ0) is 14.8. The molecule has 1 aromatic carbocycles. The first-order valence-electron chi connectivity index (χ1n) is 7.19. The van der Waals surface area contributed by atoms with Crippen molar-refractivity contribution >= 4 is 5.69 Å². The molecule has 0 atom stereocenters. The van der Waals surface area contributed by atoms with E-state index >= 15 is 0 Å². The Morgan fingerprint density at radius 3 is 2.45 bits per heavy atom. The average Bonchev–Trinajstić information content (AvgIpc) is 2.38. The number of hydrogen-bond donors (Lipinski definition) is 1. The second-order valence-corrected chi connectivity index (χ2v) is 6.40. The average molecular weight is 278 g/mol. The lowest BCUT2D eigenvalue weighted by molar-refractivity contribution is 0.0339. The van der Waals surface area contributed by atoms with Crippen molar-refractivity contribution in [3.63, 3.8) is 0 Å². The van der Waals surface area contributed by atoms with Gasteiger partial charge in [-0.05, 0) is 17.0 Å². The molecule has 0 radical (unpaired) electrons. The van der Waals surface area contributed by atoms with Crippen LogP contribution in [-0.2, 0) is 16.7 Å². The van der Waals surface area contributed by atoms with Gasteiger partial charge in [0.15, 0.2) is 0 Å². The van der Waals surface area contributed by atoms with Crippen LogP contribution in [-0.4, -0.2) is 38.3 Å². The first-order valence-corrected chi connectivity index (χ1v) is 7.19. The minimum atomic E-state index is 0.0835. The zero-order valence-corrected chi connectivity index (χ0v) is 13.0. The first kappa shape index (κ1) is 15.1. The molecule has 1 saturated heterocycles.